The van der Waals surface area contributed by atoms with Crippen molar-refractivity contribution in [3.05, 3.63) is 29.3 Å². The predicted octanol–water partition coefficient (Wildman–Crippen LogP) is 0.630. The largest absolute Gasteiger partial charge is 0.384 e. The highest BCUT2D eigenvalue weighted by molar-refractivity contribution is 5.95. The number of amides is 1. The Kier molecular flexibility index (Phi) is 4.12. The third kappa shape index (κ3) is 3.19. The van der Waals surface area contributed by atoms with Gasteiger partial charge in [-0.05, 0) is 44.3 Å². The summed E-state index contributed by atoms with van der Waals surface area (Å²) in [5.74, 6) is 0.0336. The fraction of sp³-hybridized carbons (Fsp3) is 0.562. The lowest BCUT2D eigenvalue weighted by Gasteiger charge is -2.37. The van der Waals surface area contributed by atoms with Gasteiger partial charge >= 0.3 is 0 Å². The minimum atomic E-state index is 0.0336. The number of anilines is 1. The van der Waals surface area contributed by atoms with Crippen LogP contribution in [0.2, 0.25) is 0 Å². The molecule has 1 saturated heterocycles. The molecule has 5 nitrogen and oxygen atoms in total. The van der Waals surface area contributed by atoms with Gasteiger partial charge in [-0.25, -0.2) is 0 Å². The van der Waals surface area contributed by atoms with Crippen molar-refractivity contribution >= 4 is 11.6 Å². The number of piperazine rings is 1. The van der Waals surface area contributed by atoms with Crippen LogP contribution in [0.4, 0.5) is 5.69 Å². The summed E-state index contributed by atoms with van der Waals surface area (Å²) >= 11 is 0. The predicted molar refractivity (Wildman–Crippen MR) is 84.9 cm³/mol. The van der Waals surface area contributed by atoms with Gasteiger partial charge in [-0.1, -0.05) is 0 Å². The van der Waals surface area contributed by atoms with Crippen molar-refractivity contribution in [2.45, 2.75) is 12.5 Å². The average molecular weight is 288 g/mol. The number of hydrogen-bond donors (Lipinski definition) is 2. The quantitative estimate of drug-likeness (QED) is 0.856. The van der Waals surface area contributed by atoms with Gasteiger partial charge in [0.2, 0.25) is 0 Å². The third-order valence-electron chi connectivity index (χ3n) is 4.56. The monoisotopic (exact) mass is 288 g/mol. The minimum Gasteiger partial charge on any atom is -0.384 e. The molecular weight excluding hydrogens is 264 g/mol. The van der Waals surface area contributed by atoms with E-state index in [2.05, 4.69) is 34.5 Å². The first-order valence-corrected chi connectivity index (χ1v) is 7.67. The van der Waals surface area contributed by atoms with E-state index >= 15 is 0 Å². The second-order valence-corrected chi connectivity index (χ2v) is 6.16. The Morgan fingerprint density at radius 3 is 3.10 bits per heavy atom. The molecule has 0 bridgehead atoms. The Morgan fingerprint density at radius 2 is 2.24 bits per heavy atom. The zero-order valence-corrected chi connectivity index (χ0v) is 12.9. The Morgan fingerprint density at radius 1 is 1.38 bits per heavy atom. The number of benzene rings is 1. The van der Waals surface area contributed by atoms with Gasteiger partial charge in [-0.2, -0.15) is 0 Å². The fourth-order valence-corrected chi connectivity index (χ4v) is 3.08. The van der Waals surface area contributed by atoms with Gasteiger partial charge in [0.15, 0.2) is 0 Å². The zero-order valence-electron chi connectivity index (χ0n) is 12.9. The highest BCUT2D eigenvalue weighted by atomic mass is 16.1. The Bertz CT molecular complexity index is 531. The van der Waals surface area contributed by atoms with Crippen LogP contribution in [0.3, 0.4) is 0 Å². The molecule has 1 aromatic rings. The summed E-state index contributed by atoms with van der Waals surface area (Å²) in [6.07, 6.45) is 1.01. The topological polar surface area (TPSA) is 47.6 Å². The molecule has 1 amide bonds. The molecule has 3 rings (SSSR count). The number of nitrogens with zero attached hydrogens (tertiary/aromatic N) is 2. The summed E-state index contributed by atoms with van der Waals surface area (Å²) in [6.45, 7) is 4.83. The van der Waals surface area contributed by atoms with Crippen LogP contribution < -0.4 is 10.6 Å². The van der Waals surface area contributed by atoms with Gasteiger partial charge < -0.3 is 15.5 Å². The van der Waals surface area contributed by atoms with Gasteiger partial charge in [0.25, 0.3) is 5.91 Å². The maximum Gasteiger partial charge on any atom is 0.251 e. The number of carbonyl (C=O) groups excluding carboxylic acids is 1. The molecule has 1 fully saturated rings. The molecule has 0 saturated carbocycles. The molecule has 1 aromatic carbocycles. The lowest BCUT2D eigenvalue weighted by molar-refractivity contribution is 0.0881. The molecular formula is C16H24N4O. The van der Waals surface area contributed by atoms with Crippen LogP contribution in [-0.4, -0.2) is 68.6 Å². The fourth-order valence-electron chi connectivity index (χ4n) is 3.08. The van der Waals surface area contributed by atoms with E-state index in [1.165, 1.54) is 11.3 Å². The van der Waals surface area contributed by atoms with E-state index in [0.29, 0.717) is 12.6 Å². The Labute approximate surface area is 126 Å². The smallest absolute Gasteiger partial charge is 0.251 e. The van der Waals surface area contributed by atoms with Crippen molar-refractivity contribution in [2.75, 3.05) is 52.1 Å². The van der Waals surface area contributed by atoms with Gasteiger partial charge in [0, 0.05) is 50.0 Å². The second-order valence-electron chi connectivity index (χ2n) is 6.16. The van der Waals surface area contributed by atoms with E-state index in [0.717, 1.165) is 38.2 Å². The van der Waals surface area contributed by atoms with Crippen molar-refractivity contribution in [1.82, 2.24) is 15.1 Å². The number of rotatable bonds is 3. The maximum absolute atomic E-state index is 12.3. The van der Waals surface area contributed by atoms with Crippen molar-refractivity contribution in [1.29, 1.82) is 0 Å². The Balaban J connectivity index is 1.59. The van der Waals surface area contributed by atoms with Crippen LogP contribution in [0, 0.1) is 0 Å². The van der Waals surface area contributed by atoms with Crippen LogP contribution in [-0.2, 0) is 6.42 Å². The molecule has 0 spiro atoms. The van der Waals surface area contributed by atoms with E-state index in [9.17, 15) is 4.79 Å². The molecule has 0 radical (unpaired) electrons. The highest BCUT2D eigenvalue weighted by Gasteiger charge is 2.22. The van der Waals surface area contributed by atoms with E-state index < -0.39 is 0 Å². The molecule has 2 heterocycles. The molecule has 1 atom stereocenters. The number of likely N-dealkylation sites (N-methyl/N-ethyl adjacent to an activating group) is 2. The standard InChI is InChI=1S/C16H24N4O/c1-19-7-8-20(2)14(11-19)10-18-16(21)13-3-4-15-12(9-13)5-6-17-15/h3-4,9,14,17H,5-8,10-11H2,1-2H3,(H,18,21). The first-order chi connectivity index (χ1) is 10.1. The van der Waals surface area contributed by atoms with Crippen molar-refractivity contribution in [3.63, 3.8) is 0 Å². The van der Waals surface area contributed by atoms with Crippen LogP contribution in [0.15, 0.2) is 18.2 Å². The van der Waals surface area contributed by atoms with Gasteiger partial charge in [0.1, 0.15) is 0 Å². The SMILES string of the molecule is CN1CCN(C)C(CNC(=O)c2ccc3c(c2)CCN3)C1. The lowest BCUT2D eigenvalue weighted by Crippen LogP contribution is -2.54. The molecule has 2 aliphatic rings. The summed E-state index contributed by atoms with van der Waals surface area (Å²) < 4.78 is 0. The number of carbonyl (C=O) groups is 1. The molecule has 5 heteroatoms. The number of fused-ring (bicyclic) bond motifs is 1. The van der Waals surface area contributed by atoms with Crippen molar-refractivity contribution < 1.29 is 4.79 Å². The van der Waals surface area contributed by atoms with Crippen LogP contribution in [0.25, 0.3) is 0 Å². The number of nitrogens with one attached hydrogen (secondary N) is 2. The van der Waals surface area contributed by atoms with Crippen molar-refractivity contribution in [2.24, 2.45) is 0 Å². The normalized spacial score (nSPS) is 22.7. The molecule has 1 unspecified atom stereocenters. The summed E-state index contributed by atoms with van der Waals surface area (Å²) in [6, 6.07) is 6.33. The van der Waals surface area contributed by atoms with Gasteiger partial charge in [-0.3, -0.25) is 9.69 Å². The second kappa shape index (κ2) is 6.03. The summed E-state index contributed by atoms with van der Waals surface area (Å²) in [5, 5.41) is 6.40. The molecule has 0 aromatic heterocycles. The van der Waals surface area contributed by atoms with Crippen LogP contribution in [0.1, 0.15) is 15.9 Å². The summed E-state index contributed by atoms with van der Waals surface area (Å²) in [7, 11) is 4.26. The van der Waals surface area contributed by atoms with Gasteiger partial charge in [-0.15, -0.1) is 0 Å². The molecule has 114 valence electrons. The molecule has 2 aliphatic heterocycles. The zero-order chi connectivity index (χ0) is 14.8. The van der Waals surface area contributed by atoms with E-state index in [1.807, 2.05) is 18.2 Å². The first-order valence-electron chi connectivity index (χ1n) is 7.67. The third-order valence-corrected chi connectivity index (χ3v) is 4.56. The van der Waals surface area contributed by atoms with E-state index in [1.54, 1.807) is 0 Å². The maximum atomic E-state index is 12.3. The molecule has 2 N–H and O–H groups in total. The minimum absolute atomic E-state index is 0.0336. The van der Waals surface area contributed by atoms with Gasteiger partial charge in [0.05, 0.1) is 0 Å². The summed E-state index contributed by atoms with van der Waals surface area (Å²) in [5.41, 5.74) is 3.18. The highest BCUT2D eigenvalue weighted by Crippen LogP contribution is 2.22. The van der Waals surface area contributed by atoms with E-state index in [-0.39, 0.29) is 5.91 Å². The Hall–Kier alpha value is -1.59. The molecule has 0 aliphatic carbocycles. The van der Waals surface area contributed by atoms with Crippen molar-refractivity contribution in [3.8, 4) is 0 Å². The van der Waals surface area contributed by atoms with Crippen LogP contribution in [0.5, 0.6) is 0 Å². The number of hydrogen-bond acceptors (Lipinski definition) is 4. The lowest BCUT2D eigenvalue weighted by atomic mass is 10.1. The van der Waals surface area contributed by atoms with Crippen LogP contribution >= 0.6 is 0 Å². The molecule has 21 heavy (non-hydrogen) atoms. The first kappa shape index (κ1) is 14.4. The average Bonchev–Trinajstić information content (AvgIpc) is 2.95. The summed E-state index contributed by atoms with van der Waals surface area (Å²) in [4.78, 5) is 17.0. The van der Waals surface area contributed by atoms with E-state index in [4.69, 9.17) is 0 Å².